The van der Waals surface area contributed by atoms with Crippen LogP contribution in [-0.2, 0) is 11.8 Å². The van der Waals surface area contributed by atoms with E-state index >= 15 is 0 Å². The molecule has 1 saturated carbocycles. The summed E-state index contributed by atoms with van der Waals surface area (Å²) >= 11 is 0. The maximum atomic E-state index is 13.4. The van der Waals surface area contributed by atoms with Gasteiger partial charge in [0.2, 0.25) is 0 Å². The van der Waals surface area contributed by atoms with Crippen molar-refractivity contribution >= 4 is 17.8 Å². The van der Waals surface area contributed by atoms with Gasteiger partial charge in [0.15, 0.2) is 0 Å². The van der Waals surface area contributed by atoms with Gasteiger partial charge in [0.05, 0.1) is 0 Å². The van der Waals surface area contributed by atoms with Gasteiger partial charge in [0, 0.05) is 36.7 Å². The van der Waals surface area contributed by atoms with Crippen molar-refractivity contribution in [2.75, 3.05) is 12.4 Å². The quantitative estimate of drug-likeness (QED) is 0.563. The zero-order valence-corrected chi connectivity index (χ0v) is 21.2. The topological polar surface area (TPSA) is 55.3 Å². The number of allylic oxidation sites excluding steroid dienone is 1. The lowest BCUT2D eigenvalue weighted by Crippen LogP contribution is -2.42. The molecule has 1 atom stereocenters. The van der Waals surface area contributed by atoms with Gasteiger partial charge in [-0.25, -0.2) is 0 Å². The minimum atomic E-state index is 0.0138. The predicted octanol–water partition coefficient (Wildman–Crippen LogP) is 4.23. The van der Waals surface area contributed by atoms with E-state index < -0.39 is 0 Å². The molecule has 0 amide bonds. The normalized spacial score (nSPS) is 16.4. The Morgan fingerprint density at radius 2 is 1.97 bits per heavy atom. The number of anilines is 1. The van der Waals surface area contributed by atoms with E-state index in [0.717, 1.165) is 45.2 Å². The largest absolute Gasteiger partial charge is 0.361 e. The highest BCUT2D eigenvalue weighted by molar-refractivity contribution is 5.71. The number of ether oxygens (including phenoxy) is 1. The third-order valence-corrected chi connectivity index (χ3v) is 6.11. The monoisotopic (exact) mass is 449 g/mol. The Hall–Kier alpha value is -2.79. The van der Waals surface area contributed by atoms with Crippen LogP contribution < -0.4 is 26.8 Å². The molecule has 1 aliphatic rings. The number of hydrogen-bond donors (Lipinski definition) is 2. The van der Waals surface area contributed by atoms with Crippen LogP contribution in [0.5, 0.6) is 0 Å². The van der Waals surface area contributed by atoms with Crippen molar-refractivity contribution in [2.24, 2.45) is 18.9 Å². The highest BCUT2D eigenvalue weighted by Crippen LogP contribution is 2.33. The molecule has 0 bridgehead atoms. The van der Waals surface area contributed by atoms with Gasteiger partial charge in [-0.2, -0.15) is 0 Å². The smallest absolute Gasteiger partial charge is 0.258 e. The van der Waals surface area contributed by atoms with Crippen LogP contribution in [0, 0.1) is 18.8 Å². The van der Waals surface area contributed by atoms with Gasteiger partial charge < -0.3 is 19.9 Å². The Labute approximate surface area is 197 Å². The zero-order chi connectivity index (χ0) is 24.1. The Balaban J connectivity index is 2.02. The molecule has 2 N–H and O–H groups in total. The molecule has 178 valence electrons. The molecule has 1 aliphatic carbocycles. The number of benzene rings is 1. The molecule has 0 spiro atoms. The van der Waals surface area contributed by atoms with Crippen molar-refractivity contribution in [2.45, 2.75) is 60.1 Å². The van der Waals surface area contributed by atoms with Gasteiger partial charge >= 0.3 is 0 Å². The molecule has 0 radical (unpaired) electrons. The van der Waals surface area contributed by atoms with Crippen molar-refractivity contribution in [3.8, 4) is 11.1 Å². The van der Waals surface area contributed by atoms with Crippen molar-refractivity contribution in [3.05, 3.63) is 62.6 Å². The summed E-state index contributed by atoms with van der Waals surface area (Å²) in [5.41, 5.74) is 3.69. The Morgan fingerprint density at radius 1 is 1.24 bits per heavy atom. The minimum absolute atomic E-state index is 0.0138. The van der Waals surface area contributed by atoms with E-state index in [-0.39, 0.29) is 11.8 Å². The number of rotatable bonds is 9. The molecule has 1 unspecified atom stereocenters. The number of nitrogens with one attached hydrogen (secondary N) is 2. The maximum Gasteiger partial charge on any atom is 0.258 e. The van der Waals surface area contributed by atoms with Gasteiger partial charge in [-0.05, 0) is 79.6 Å². The number of aryl methyl sites for hydroxylation is 1. The molecule has 5 heteroatoms. The fourth-order valence-corrected chi connectivity index (χ4v) is 4.14. The summed E-state index contributed by atoms with van der Waals surface area (Å²) < 4.78 is 7.42. The summed E-state index contributed by atoms with van der Waals surface area (Å²) in [4.78, 5) is 13.4. The van der Waals surface area contributed by atoms with E-state index in [0.29, 0.717) is 11.8 Å². The second kappa shape index (κ2) is 10.9. The molecular formula is C28H39N3O2. The summed E-state index contributed by atoms with van der Waals surface area (Å²) in [6.45, 7) is 10.4. The van der Waals surface area contributed by atoms with Crippen LogP contribution in [0.15, 0.2) is 41.0 Å². The molecule has 5 nitrogen and oxygen atoms in total. The van der Waals surface area contributed by atoms with Gasteiger partial charge in [-0.15, -0.1) is 0 Å². The molecule has 3 rings (SSSR count). The molecule has 0 saturated heterocycles. The third kappa shape index (κ3) is 5.97. The zero-order valence-electron chi connectivity index (χ0n) is 21.2. The summed E-state index contributed by atoms with van der Waals surface area (Å²) in [6.07, 6.45) is 9.66. The second-order valence-corrected chi connectivity index (χ2v) is 9.28. The van der Waals surface area contributed by atoms with Crippen LogP contribution in [0.1, 0.15) is 52.5 Å². The first kappa shape index (κ1) is 24.8. The van der Waals surface area contributed by atoms with E-state index in [1.807, 2.05) is 20.0 Å². The molecular weight excluding hydrogens is 410 g/mol. The highest BCUT2D eigenvalue weighted by atomic mass is 16.5. The lowest BCUT2D eigenvalue weighted by molar-refractivity contribution is 0.0649. The standard InChI is InChI=1S/C28H39N3O2/c1-8-10-26(30-27(33-7)21-12-13-21)29-22-14-11-19(5)23(17-22)24-16-20(9-2)25(15-18(3)4)31(6)28(24)32/h9-11,14-18,21,27,29-30H,8,12-13H2,1-7H3/b20-9-,25-15+,26-10-. The molecule has 1 aromatic carbocycles. The second-order valence-electron chi connectivity index (χ2n) is 9.28. The van der Waals surface area contributed by atoms with Crippen LogP contribution in [0.2, 0.25) is 0 Å². The molecule has 1 heterocycles. The average molecular weight is 450 g/mol. The summed E-state index contributed by atoms with van der Waals surface area (Å²) in [7, 11) is 3.61. The van der Waals surface area contributed by atoms with Crippen molar-refractivity contribution in [3.63, 3.8) is 0 Å². The molecule has 0 aliphatic heterocycles. The van der Waals surface area contributed by atoms with Crippen LogP contribution in [0.25, 0.3) is 23.3 Å². The van der Waals surface area contributed by atoms with E-state index in [1.54, 1.807) is 11.7 Å². The number of aromatic nitrogens is 1. The van der Waals surface area contributed by atoms with Crippen molar-refractivity contribution in [1.82, 2.24) is 9.88 Å². The molecule has 1 aromatic heterocycles. The first-order chi connectivity index (χ1) is 15.8. The van der Waals surface area contributed by atoms with Crippen LogP contribution >= 0.6 is 0 Å². The predicted molar refractivity (Wildman–Crippen MR) is 139 cm³/mol. The molecule has 33 heavy (non-hydrogen) atoms. The summed E-state index contributed by atoms with van der Waals surface area (Å²) in [5, 5.41) is 9.06. The van der Waals surface area contributed by atoms with Crippen LogP contribution in [-0.4, -0.2) is 17.9 Å². The Bertz CT molecular complexity index is 1190. The number of methoxy groups -OCH3 is 1. The van der Waals surface area contributed by atoms with E-state index in [1.165, 1.54) is 12.8 Å². The van der Waals surface area contributed by atoms with Gasteiger partial charge in [0.1, 0.15) is 12.0 Å². The van der Waals surface area contributed by atoms with Crippen molar-refractivity contribution < 1.29 is 4.74 Å². The minimum Gasteiger partial charge on any atom is -0.361 e. The SMILES string of the molecule is C/C=c1/cc(-c2cc(N/C(=C/CC)NC(OC)C3CC3)ccc2C)c(=O)n(C)/c1=C/C(C)C. The highest BCUT2D eigenvalue weighted by Gasteiger charge is 2.31. The maximum absolute atomic E-state index is 13.4. The number of pyridine rings is 1. The first-order valence-electron chi connectivity index (χ1n) is 12.0. The molecule has 2 aromatic rings. The number of hydrogen-bond acceptors (Lipinski definition) is 4. The van der Waals surface area contributed by atoms with E-state index in [2.05, 4.69) is 74.8 Å². The lowest BCUT2D eigenvalue weighted by Gasteiger charge is -2.22. The van der Waals surface area contributed by atoms with Crippen LogP contribution in [0.4, 0.5) is 5.69 Å². The van der Waals surface area contributed by atoms with Gasteiger partial charge in [0.25, 0.3) is 5.56 Å². The average Bonchev–Trinajstić information content (AvgIpc) is 3.62. The fraction of sp³-hybridized carbons (Fsp3) is 0.464. The summed E-state index contributed by atoms with van der Waals surface area (Å²) in [6, 6.07) is 8.22. The first-order valence-corrected chi connectivity index (χ1v) is 12.0. The number of nitrogens with zero attached hydrogens (tertiary/aromatic N) is 1. The molecule has 1 fully saturated rings. The van der Waals surface area contributed by atoms with E-state index in [9.17, 15) is 4.79 Å². The van der Waals surface area contributed by atoms with E-state index in [4.69, 9.17) is 4.74 Å². The van der Waals surface area contributed by atoms with Crippen molar-refractivity contribution in [1.29, 1.82) is 0 Å². The Morgan fingerprint density at radius 3 is 2.55 bits per heavy atom. The fourth-order valence-electron chi connectivity index (χ4n) is 4.14. The van der Waals surface area contributed by atoms with Gasteiger partial charge in [-0.1, -0.05) is 39.0 Å². The van der Waals surface area contributed by atoms with Gasteiger partial charge in [-0.3, -0.25) is 4.79 Å². The third-order valence-electron chi connectivity index (χ3n) is 6.11. The summed E-state index contributed by atoms with van der Waals surface area (Å²) in [5.74, 6) is 1.86. The lowest BCUT2D eigenvalue weighted by atomic mass is 9.99. The Kier molecular flexibility index (Phi) is 8.20. The van der Waals surface area contributed by atoms with Crippen LogP contribution in [0.3, 0.4) is 0 Å².